The normalized spacial score (nSPS) is 11.1. The molecule has 1 heterocycles. The Kier molecular flexibility index (Phi) is 3.63. The molecule has 0 saturated carbocycles. The molecule has 0 fully saturated rings. The Labute approximate surface area is 120 Å². The maximum Gasteiger partial charge on any atom is 0.259 e. The summed E-state index contributed by atoms with van der Waals surface area (Å²) >= 11 is 0. The number of phenols is 2. The number of rotatable bonds is 3. The highest BCUT2D eigenvalue weighted by Gasteiger charge is 2.11. The third-order valence-corrected chi connectivity index (χ3v) is 2.95. The van der Waals surface area contributed by atoms with E-state index in [0.717, 1.165) is 0 Å². The predicted molar refractivity (Wildman–Crippen MR) is 74.8 cm³/mol. The first-order valence-corrected chi connectivity index (χ1v) is 5.89. The molecule has 0 spiro atoms. The van der Waals surface area contributed by atoms with E-state index in [1.165, 1.54) is 24.4 Å². The fourth-order valence-electron chi connectivity index (χ4n) is 1.80. The summed E-state index contributed by atoms with van der Waals surface area (Å²) in [5.41, 5.74) is 6.13. The molecular weight excluding hydrogens is 272 g/mol. The van der Waals surface area contributed by atoms with Crippen molar-refractivity contribution in [3.8, 4) is 28.8 Å². The molecule has 0 unspecified atom stereocenters. The van der Waals surface area contributed by atoms with Crippen molar-refractivity contribution < 1.29 is 15.0 Å². The third-order valence-electron chi connectivity index (χ3n) is 2.95. The number of phenolic OH excluding ortho intramolecular Hbond substituents is 2. The van der Waals surface area contributed by atoms with Crippen molar-refractivity contribution in [1.82, 2.24) is 9.55 Å². The van der Waals surface area contributed by atoms with E-state index in [1.54, 1.807) is 23.8 Å². The number of nitrogens with zero attached hydrogens (tertiary/aromatic N) is 3. The number of aromatic nitrogens is 2. The molecule has 106 valence electrons. The topological polar surface area (TPSA) is 125 Å². The van der Waals surface area contributed by atoms with Gasteiger partial charge in [0.25, 0.3) is 5.91 Å². The van der Waals surface area contributed by atoms with Gasteiger partial charge in [-0.1, -0.05) is 0 Å². The number of amides is 1. The molecule has 0 radical (unpaired) electrons. The molecule has 4 N–H and O–H groups in total. The van der Waals surface area contributed by atoms with E-state index >= 15 is 0 Å². The highest BCUT2D eigenvalue weighted by molar-refractivity contribution is 6.00. The summed E-state index contributed by atoms with van der Waals surface area (Å²) < 4.78 is 1.63. The second kappa shape index (κ2) is 5.38. The van der Waals surface area contributed by atoms with Crippen molar-refractivity contribution >= 4 is 12.0 Å². The quantitative estimate of drug-likeness (QED) is 0.438. The van der Waals surface area contributed by atoms with Crippen LogP contribution < -0.4 is 5.73 Å². The standard InChI is InChI=1S/C14H12N4O3/c1-18-10(8-2-3-11(19)12(20)4-8)7-17-13(18)5-9(6-15)14(16)21/h2-5,7,19-20H,1H3,(H2,16,21)/b9-5+. The second-order valence-corrected chi connectivity index (χ2v) is 4.30. The molecule has 0 aliphatic heterocycles. The number of nitrogens with two attached hydrogens (primary N) is 1. The minimum Gasteiger partial charge on any atom is -0.504 e. The maximum absolute atomic E-state index is 11.0. The van der Waals surface area contributed by atoms with Gasteiger partial charge in [0, 0.05) is 18.7 Å². The summed E-state index contributed by atoms with van der Waals surface area (Å²) in [5.74, 6) is -0.931. The highest BCUT2D eigenvalue weighted by atomic mass is 16.3. The average molecular weight is 284 g/mol. The lowest BCUT2D eigenvalue weighted by molar-refractivity contribution is -0.114. The summed E-state index contributed by atoms with van der Waals surface area (Å²) in [5, 5.41) is 27.6. The van der Waals surface area contributed by atoms with Gasteiger partial charge in [-0.3, -0.25) is 4.79 Å². The SMILES string of the molecule is Cn1c(-c2ccc(O)c(O)c2)cnc1/C=C(\C#N)C(N)=O. The molecule has 1 amide bonds. The monoisotopic (exact) mass is 284 g/mol. The number of imidazole rings is 1. The number of hydrogen-bond donors (Lipinski definition) is 3. The average Bonchev–Trinajstić information content (AvgIpc) is 2.80. The van der Waals surface area contributed by atoms with E-state index in [-0.39, 0.29) is 17.1 Å². The van der Waals surface area contributed by atoms with Gasteiger partial charge in [0.2, 0.25) is 0 Å². The number of carbonyl (C=O) groups is 1. The van der Waals surface area contributed by atoms with Crippen molar-refractivity contribution in [1.29, 1.82) is 5.26 Å². The Bertz CT molecular complexity index is 784. The number of aromatic hydroxyl groups is 2. The van der Waals surface area contributed by atoms with Crippen LogP contribution in [0.4, 0.5) is 0 Å². The largest absolute Gasteiger partial charge is 0.504 e. The Morgan fingerprint density at radius 3 is 2.71 bits per heavy atom. The first kappa shape index (κ1) is 14.1. The van der Waals surface area contributed by atoms with E-state index in [4.69, 9.17) is 11.0 Å². The third kappa shape index (κ3) is 2.69. The summed E-state index contributed by atoms with van der Waals surface area (Å²) in [6.45, 7) is 0. The first-order chi connectivity index (χ1) is 9.93. The number of benzene rings is 1. The van der Waals surface area contributed by atoms with Gasteiger partial charge in [-0.05, 0) is 18.2 Å². The Morgan fingerprint density at radius 1 is 1.43 bits per heavy atom. The number of nitriles is 1. The van der Waals surface area contributed by atoms with Gasteiger partial charge in [-0.15, -0.1) is 0 Å². The van der Waals surface area contributed by atoms with Crippen molar-refractivity contribution in [2.75, 3.05) is 0 Å². The molecular formula is C14H12N4O3. The molecule has 2 rings (SSSR count). The number of primary amides is 1. The molecule has 1 aromatic carbocycles. The van der Waals surface area contributed by atoms with Crippen LogP contribution in [-0.2, 0) is 11.8 Å². The van der Waals surface area contributed by atoms with Crippen LogP contribution in [0.1, 0.15) is 5.82 Å². The van der Waals surface area contributed by atoms with Gasteiger partial charge >= 0.3 is 0 Å². The van der Waals surface area contributed by atoms with Crippen LogP contribution in [0.3, 0.4) is 0 Å². The lowest BCUT2D eigenvalue weighted by Gasteiger charge is -2.05. The zero-order valence-electron chi connectivity index (χ0n) is 11.1. The Balaban J connectivity index is 2.48. The summed E-state index contributed by atoms with van der Waals surface area (Å²) in [7, 11) is 1.69. The smallest absolute Gasteiger partial charge is 0.259 e. The minimum absolute atomic E-state index is 0.205. The highest BCUT2D eigenvalue weighted by Crippen LogP contribution is 2.30. The fourth-order valence-corrected chi connectivity index (χ4v) is 1.80. The van der Waals surface area contributed by atoms with Gasteiger partial charge < -0.3 is 20.5 Å². The van der Waals surface area contributed by atoms with E-state index in [2.05, 4.69) is 4.98 Å². The minimum atomic E-state index is -0.829. The number of hydrogen-bond acceptors (Lipinski definition) is 5. The van der Waals surface area contributed by atoms with Crippen LogP contribution in [0.15, 0.2) is 30.0 Å². The predicted octanol–water partition coefficient (Wildman–Crippen LogP) is 0.891. The summed E-state index contributed by atoms with van der Waals surface area (Å²) in [6.07, 6.45) is 2.81. The van der Waals surface area contributed by atoms with Crippen molar-refractivity contribution in [3.63, 3.8) is 0 Å². The van der Waals surface area contributed by atoms with Crippen molar-refractivity contribution in [3.05, 3.63) is 35.8 Å². The summed E-state index contributed by atoms with van der Waals surface area (Å²) in [6, 6.07) is 6.06. The zero-order chi connectivity index (χ0) is 15.6. The molecule has 2 aromatic rings. The van der Waals surface area contributed by atoms with Gasteiger partial charge in [0.1, 0.15) is 17.5 Å². The Morgan fingerprint density at radius 2 is 2.14 bits per heavy atom. The van der Waals surface area contributed by atoms with Crippen molar-refractivity contribution in [2.24, 2.45) is 12.8 Å². The van der Waals surface area contributed by atoms with E-state index in [0.29, 0.717) is 17.1 Å². The van der Waals surface area contributed by atoms with E-state index in [9.17, 15) is 15.0 Å². The molecule has 0 atom stereocenters. The van der Waals surface area contributed by atoms with E-state index < -0.39 is 5.91 Å². The van der Waals surface area contributed by atoms with Gasteiger partial charge in [0.15, 0.2) is 11.5 Å². The molecule has 1 aromatic heterocycles. The van der Waals surface area contributed by atoms with Gasteiger partial charge in [-0.25, -0.2) is 4.98 Å². The van der Waals surface area contributed by atoms with Crippen LogP contribution in [0.25, 0.3) is 17.3 Å². The van der Waals surface area contributed by atoms with Gasteiger partial charge in [-0.2, -0.15) is 5.26 Å². The lowest BCUT2D eigenvalue weighted by atomic mass is 10.1. The molecule has 7 heteroatoms. The fraction of sp³-hybridized carbons (Fsp3) is 0.0714. The van der Waals surface area contributed by atoms with Crippen LogP contribution >= 0.6 is 0 Å². The zero-order valence-corrected chi connectivity index (χ0v) is 11.1. The van der Waals surface area contributed by atoms with Crippen LogP contribution in [0, 0.1) is 11.3 Å². The Hall–Kier alpha value is -3.27. The van der Waals surface area contributed by atoms with Gasteiger partial charge in [0.05, 0.1) is 11.9 Å². The molecule has 7 nitrogen and oxygen atoms in total. The lowest BCUT2D eigenvalue weighted by Crippen LogP contribution is -2.12. The van der Waals surface area contributed by atoms with Crippen LogP contribution in [0.2, 0.25) is 0 Å². The number of carbonyl (C=O) groups excluding carboxylic acids is 1. The molecule has 21 heavy (non-hydrogen) atoms. The van der Waals surface area contributed by atoms with Crippen LogP contribution in [-0.4, -0.2) is 25.7 Å². The first-order valence-electron chi connectivity index (χ1n) is 5.89. The molecule has 0 saturated heterocycles. The van der Waals surface area contributed by atoms with Crippen LogP contribution in [0.5, 0.6) is 11.5 Å². The van der Waals surface area contributed by atoms with E-state index in [1.807, 2.05) is 0 Å². The van der Waals surface area contributed by atoms with Crippen molar-refractivity contribution in [2.45, 2.75) is 0 Å². The molecule has 0 bridgehead atoms. The second-order valence-electron chi connectivity index (χ2n) is 4.30. The molecule has 0 aliphatic rings. The summed E-state index contributed by atoms with van der Waals surface area (Å²) in [4.78, 5) is 15.1. The maximum atomic E-state index is 11.0. The molecule has 0 aliphatic carbocycles.